The lowest BCUT2D eigenvalue weighted by Crippen LogP contribution is -2.49. The first-order valence-corrected chi connectivity index (χ1v) is 11.0. The lowest BCUT2D eigenvalue weighted by Gasteiger charge is -2.32. The fraction of sp³-hybridized carbons (Fsp3) is 0.600. The Balaban J connectivity index is 1.76. The number of Topliss-reactive ketones (excluding diaryl/α,β-unsaturated/α-hetero) is 1. The highest BCUT2D eigenvalue weighted by molar-refractivity contribution is 5.93. The van der Waals surface area contributed by atoms with E-state index in [2.05, 4.69) is 0 Å². The van der Waals surface area contributed by atoms with Gasteiger partial charge < -0.3 is 19.3 Å². The van der Waals surface area contributed by atoms with Crippen LogP contribution in [0.5, 0.6) is 5.75 Å². The molecule has 0 bridgehead atoms. The third-order valence-electron chi connectivity index (χ3n) is 7.00. The number of benzene rings is 1. The van der Waals surface area contributed by atoms with Gasteiger partial charge in [-0.25, -0.2) is 4.79 Å². The first kappa shape index (κ1) is 23.5. The molecular weight excluding hydrogens is 396 g/mol. The van der Waals surface area contributed by atoms with Crippen LogP contribution in [0.2, 0.25) is 0 Å². The molecule has 0 aliphatic heterocycles. The standard InChI is InChI=1S/C25H34O6/c1-6-30-24(27)25(4,28)20-12-7-15(2)19-13-21(16(3)22(19)23(20)26)31-14-17-8-10-18(29-5)11-9-17/h7-11,16,19-22,28H,6,12-14H2,1-5H3/t16-,19+,20?,21-,22+,25?/m0/s1. The summed E-state index contributed by atoms with van der Waals surface area (Å²) in [6.07, 6.45) is 3.02. The molecule has 0 heterocycles. The van der Waals surface area contributed by atoms with Crippen LogP contribution in [0.25, 0.3) is 0 Å². The molecule has 1 aromatic rings. The Morgan fingerprint density at radius 2 is 1.94 bits per heavy atom. The predicted octanol–water partition coefficient (Wildman–Crippen LogP) is 3.70. The Labute approximate surface area is 184 Å². The van der Waals surface area contributed by atoms with Gasteiger partial charge in [-0.3, -0.25) is 4.79 Å². The number of ketones is 1. The first-order chi connectivity index (χ1) is 14.7. The maximum absolute atomic E-state index is 13.6. The summed E-state index contributed by atoms with van der Waals surface area (Å²) in [5.41, 5.74) is 0.324. The minimum Gasteiger partial charge on any atom is -0.497 e. The Morgan fingerprint density at radius 1 is 1.26 bits per heavy atom. The number of methoxy groups -OCH3 is 1. The Morgan fingerprint density at radius 3 is 2.55 bits per heavy atom. The maximum Gasteiger partial charge on any atom is 0.338 e. The molecule has 1 aromatic carbocycles. The number of carbonyl (C=O) groups is 2. The van der Waals surface area contributed by atoms with Gasteiger partial charge in [0.1, 0.15) is 11.5 Å². The van der Waals surface area contributed by atoms with Crippen LogP contribution in [-0.2, 0) is 25.7 Å². The van der Waals surface area contributed by atoms with Gasteiger partial charge in [0.15, 0.2) is 5.60 Å². The summed E-state index contributed by atoms with van der Waals surface area (Å²) in [7, 11) is 1.63. The zero-order valence-electron chi connectivity index (χ0n) is 19.1. The molecule has 1 N–H and O–H groups in total. The molecule has 1 fully saturated rings. The zero-order valence-corrected chi connectivity index (χ0v) is 19.1. The van der Waals surface area contributed by atoms with E-state index in [-0.39, 0.29) is 36.2 Å². The number of rotatable bonds is 7. The van der Waals surface area contributed by atoms with E-state index in [4.69, 9.17) is 14.2 Å². The highest BCUT2D eigenvalue weighted by Gasteiger charge is 2.53. The molecule has 6 heteroatoms. The van der Waals surface area contributed by atoms with E-state index >= 15 is 0 Å². The van der Waals surface area contributed by atoms with E-state index in [1.807, 2.05) is 44.2 Å². The summed E-state index contributed by atoms with van der Waals surface area (Å²) in [4.78, 5) is 25.9. The number of hydrogen-bond acceptors (Lipinski definition) is 6. The number of hydrogen-bond donors (Lipinski definition) is 1. The van der Waals surface area contributed by atoms with Gasteiger partial charge in [0.2, 0.25) is 0 Å². The average molecular weight is 431 g/mol. The van der Waals surface area contributed by atoms with Crippen LogP contribution in [0.15, 0.2) is 35.9 Å². The summed E-state index contributed by atoms with van der Waals surface area (Å²) in [5.74, 6) is -1.07. The SMILES string of the molecule is CCOC(=O)C(C)(O)C1CC=C(C)[C@H]2C[C@H](OCc3ccc(OC)cc3)[C@H](C)[C@H]2C1=O. The molecule has 2 aliphatic rings. The molecule has 6 nitrogen and oxygen atoms in total. The number of fused-ring (bicyclic) bond motifs is 1. The molecule has 3 rings (SSSR count). The van der Waals surface area contributed by atoms with Crippen LogP contribution in [-0.4, -0.2) is 42.3 Å². The summed E-state index contributed by atoms with van der Waals surface area (Å²) in [6, 6.07) is 7.75. The first-order valence-electron chi connectivity index (χ1n) is 11.0. The Bertz CT molecular complexity index is 825. The fourth-order valence-corrected chi connectivity index (χ4v) is 5.01. The molecule has 0 radical (unpaired) electrons. The van der Waals surface area contributed by atoms with Crippen molar-refractivity contribution in [3.63, 3.8) is 0 Å². The van der Waals surface area contributed by atoms with E-state index in [1.54, 1.807) is 14.0 Å². The van der Waals surface area contributed by atoms with Crippen molar-refractivity contribution in [2.45, 2.75) is 58.8 Å². The van der Waals surface area contributed by atoms with Crippen molar-refractivity contribution >= 4 is 11.8 Å². The van der Waals surface area contributed by atoms with Crippen LogP contribution in [0.3, 0.4) is 0 Å². The van der Waals surface area contributed by atoms with Crippen molar-refractivity contribution in [1.82, 2.24) is 0 Å². The van der Waals surface area contributed by atoms with Crippen molar-refractivity contribution in [3.05, 3.63) is 41.5 Å². The number of allylic oxidation sites excluding steroid dienone is 2. The third-order valence-corrected chi connectivity index (χ3v) is 7.00. The second kappa shape index (κ2) is 9.53. The van der Waals surface area contributed by atoms with Gasteiger partial charge in [-0.1, -0.05) is 30.7 Å². The zero-order chi connectivity index (χ0) is 22.8. The van der Waals surface area contributed by atoms with Crippen LogP contribution in [0.4, 0.5) is 0 Å². The monoisotopic (exact) mass is 430 g/mol. The van der Waals surface area contributed by atoms with Crippen LogP contribution in [0, 0.1) is 23.7 Å². The second-order valence-electron chi connectivity index (χ2n) is 8.93. The maximum atomic E-state index is 13.6. The molecule has 31 heavy (non-hydrogen) atoms. The Kier molecular flexibility index (Phi) is 7.22. The van der Waals surface area contributed by atoms with Crippen molar-refractivity contribution in [2.24, 2.45) is 23.7 Å². The molecule has 0 amide bonds. The van der Waals surface area contributed by atoms with E-state index in [1.165, 1.54) is 6.92 Å². The van der Waals surface area contributed by atoms with Crippen molar-refractivity contribution in [1.29, 1.82) is 0 Å². The second-order valence-corrected chi connectivity index (χ2v) is 8.93. The minimum atomic E-state index is -1.85. The van der Waals surface area contributed by atoms with Gasteiger partial charge in [0.25, 0.3) is 0 Å². The molecule has 1 saturated carbocycles. The topological polar surface area (TPSA) is 82.1 Å². The van der Waals surface area contributed by atoms with E-state index in [0.29, 0.717) is 13.0 Å². The minimum absolute atomic E-state index is 0.0160. The average Bonchev–Trinajstić information content (AvgIpc) is 3.02. The van der Waals surface area contributed by atoms with Gasteiger partial charge in [0.05, 0.1) is 32.3 Å². The lowest BCUT2D eigenvalue weighted by atomic mass is 9.75. The highest BCUT2D eigenvalue weighted by Crippen LogP contribution is 2.48. The van der Waals surface area contributed by atoms with Crippen LogP contribution in [0.1, 0.15) is 46.1 Å². The van der Waals surface area contributed by atoms with Gasteiger partial charge in [-0.2, -0.15) is 0 Å². The number of ether oxygens (including phenoxy) is 3. The van der Waals surface area contributed by atoms with Gasteiger partial charge in [-0.15, -0.1) is 0 Å². The molecule has 2 aliphatic carbocycles. The van der Waals surface area contributed by atoms with Crippen molar-refractivity contribution in [3.8, 4) is 5.75 Å². The predicted molar refractivity (Wildman–Crippen MR) is 116 cm³/mol. The molecule has 6 atom stereocenters. The van der Waals surface area contributed by atoms with E-state index in [0.717, 1.165) is 23.3 Å². The smallest absolute Gasteiger partial charge is 0.338 e. The van der Waals surface area contributed by atoms with Crippen molar-refractivity contribution in [2.75, 3.05) is 13.7 Å². The normalized spacial score (nSPS) is 30.1. The molecule has 0 spiro atoms. The summed E-state index contributed by atoms with van der Waals surface area (Å²) >= 11 is 0. The number of aliphatic hydroxyl groups is 1. The summed E-state index contributed by atoms with van der Waals surface area (Å²) < 4.78 is 16.5. The Hall–Kier alpha value is -2.18. The third kappa shape index (κ3) is 4.70. The molecular formula is C25H34O6. The van der Waals surface area contributed by atoms with Gasteiger partial charge >= 0.3 is 5.97 Å². The molecule has 0 aromatic heterocycles. The number of carbonyl (C=O) groups excluding carboxylic acids is 2. The molecule has 0 saturated heterocycles. The van der Waals surface area contributed by atoms with Crippen LogP contribution >= 0.6 is 0 Å². The number of esters is 1. The van der Waals surface area contributed by atoms with Crippen molar-refractivity contribution < 1.29 is 28.9 Å². The van der Waals surface area contributed by atoms with Gasteiger partial charge in [-0.05, 0) is 63.1 Å². The fourth-order valence-electron chi connectivity index (χ4n) is 5.01. The molecule has 170 valence electrons. The largest absolute Gasteiger partial charge is 0.497 e. The quantitative estimate of drug-likeness (QED) is 0.525. The van der Waals surface area contributed by atoms with E-state index in [9.17, 15) is 14.7 Å². The lowest BCUT2D eigenvalue weighted by molar-refractivity contribution is -0.172. The van der Waals surface area contributed by atoms with Crippen LogP contribution < -0.4 is 4.74 Å². The van der Waals surface area contributed by atoms with E-state index < -0.39 is 17.5 Å². The van der Waals surface area contributed by atoms with Gasteiger partial charge in [0, 0.05) is 5.92 Å². The molecule has 2 unspecified atom stereocenters. The highest BCUT2D eigenvalue weighted by atomic mass is 16.5. The summed E-state index contributed by atoms with van der Waals surface area (Å²) in [5, 5.41) is 10.9. The summed E-state index contributed by atoms with van der Waals surface area (Å²) in [6.45, 7) is 7.77.